The quantitative estimate of drug-likeness (QED) is 0.849. The van der Waals surface area contributed by atoms with E-state index in [4.69, 9.17) is 5.14 Å². The lowest BCUT2D eigenvalue weighted by Crippen LogP contribution is -2.17. The Bertz CT molecular complexity index is 626. The third kappa shape index (κ3) is 1.86. The molecule has 0 fully saturated rings. The molecule has 0 aliphatic rings. The van der Waals surface area contributed by atoms with Gasteiger partial charge in [-0.3, -0.25) is 4.57 Å². The number of sulfonamides is 1. The Balaban J connectivity index is 2.58. The lowest BCUT2D eigenvalue weighted by Gasteiger charge is -1.99. The van der Waals surface area contributed by atoms with Gasteiger partial charge in [0.15, 0.2) is 5.82 Å². The van der Waals surface area contributed by atoms with Gasteiger partial charge in [-0.05, 0) is 19.1 Å². The highest BCUT2D eigenvalue weighted by Crippen LogP contribution is 2.26. The van der Waals surface area contributed by atoms with Crippen molar-refractivity contribution >= 4 is 21.4 Å². The minimum atomic E-state index is -3.82. The predicted molar refractivity (Wildman–Crippen MR) is 60.4 cm³/mol. The van der Waals surface area contributed by atoms with Crippen molar-refractivity contribution in [1.82, 2.24) is 14.8 Å². The third-order valence-corrected chi connectivity index (χ3v) is 3.91. The molecule has 0 radical (unpaired) electrons. The summed E-state index contributed by atoms with van der Waals surface area (Å²) < 4.78 is 23.7. The van der Waals surface area contributed by atoms with Gasteiger partial charge in [-0.2, -0.15) is 0 Å². The summed E-state index contributed by atoms with van der Waals surface area (Å²) in [7, 11) is -2.25. The van der Waals surface area contributed by atoms with Crippen LogP contribution in [0, 0.1) is 6.92 Å². The van der Waals surface area contributed by atoms with Crippen LogP contribution in [0.15, 0.2) is 17.3 Å². The number of hydrogen-bond acceptors (Lipinski definition) is 5. The Labute approximate surface area is 96.8 Å². The van der Waals surface area contributed by atoms with Gasteiger partial charge in [-0.1, -0.05) is 0 Å². The molecule has 2 aromatic heterocycles. The fourth-order valence-electron chi connectivity index (χ4n) is 1.33. The first-order valence-electron chi connectivity index (χ1n) is 4.38. The monoisotopic (exact) mass is 258 g/mol. The van der Waals surface area contributed by atoms with Crippen LogP contribution < -0.4 is 5.14 Å². The molecule has 0 unspecified atom stereocenters. The van der Waals surface area contributed by atoms with E-state index in [1.165, 1.54) is 15.9 Å². The van der Waals surface area contributed by atoms with E-state index in [1.54, 1.807) is 7.05 Å². The minimum Gasteiger partial charge on any atom is -0.299 e. The van der Waals surface area contributed by atoms with E-state index in [0.717, 1.165) is 9.75 Å². The molecule has 0 aliphatic heterocycles. The Morgan fingerprint density at radius 1 is 1.38 bits per heavy atom. The number of rotatable bonds is 2. The standard InChI is InChI=1S/C8H10N4O2S2/c1-5-3-4-6(15-5)7-10-11-8(12(7)2)16(9,13)14/h3-4H,1-2H3,(H2,9,13,14). The fourth-order valence-corrected chi connectivity index (χ4v) is 2.84. The summed E-state index contributed by atoms with van der Waals surface area (Å²) in [5.41, 5.74) is 0. The molecule has 0 spiro atoms. The maximum Gasteiger partial charge on any atom is 0.273 e. The second-order valence-electron chi connectivity index (χ2n) is 3.32. The zero-order chi connectivity index (χ0) is 11.9. The van der Waals surface area contributed by atoms with Gasteiger partial charge < -0.3 is 0 Å². The molecule has 0 atom stereocenters. The van der Waals surface area contributed by atoms with E-state index in [2.05, 4.69) is 10.2 Å². The highest BCUT2D eigenvalue weighted by Gasteiger charge is 2.19. The molecule has 0 saturated heterocycles. The summed E-state index contributed by atoms with van der Waals surface area (Å²) in [6.07, 6.45) is 0. The largest absolute Gasteiger partial charge is 0.299 e. The van der Waals surface area contributed by atoms with Gasteiger partial charge >= 0.3 is 0 Å². The predicted octanol–water partition coefficient (Wildman–Crippen LogP) is 0.499. The van der Waals surface area contributed by atoms with E-state index in [1.807, 2.05) is 19.1 Å². The minimum absolute atomic E-state index is 0.228. The molecule has 2 rings (SSSR count). The number of nitrogens with two attached hydrogens (primary N) is 1. The molecule has 2 aromatic rings. The van der Waals surface area contributed by atoms with Gasteiger partial charge in [0.1, 0.15) is 0 Å². The molecule has 2 N–H and O–H groups in total. The van der Waals surface area contributed by atoms with Crippen LogP contribution in [0.4, 0.5) is 0 Å². The number of hydrogen-bond donors (Lipinski definition) is 1. The molecule has 0 bridgehead atoms. The van der Waals surface area contributed by atoms with Crippen molar-refractivity contribution in [3.63, 3.8) is 0 Å². The zero-order valence-corrected chi connectivity index (χ0v) is 10.3. The second-order valence-corrected chi connectivity index (χ2v) is 6.06. The summed E-state index contributed by atoms with van der Waals surface area (Å²) in [6, 6.07) is 3.81. The summed E-state index contributed by atoms with van der Waals surface area (Å²) in [5.74, 6) is 0.502. The van der Waals surface area contributed by atoms with E-state index < -0.39 is 10.0 Å². The van der Waals surface area contributed by atoms with Crippen molar-refractivity contribution in [2.24, 2.45) is 12.2 Å². The molecule has 86 valence electrons. The Morgan fingerprint density at radius 3 is 2.50 bits per heavy atom. The average Bonchev–Trinajstić information content (AvgIpc) is 2.70. The summed E-state index contributed by atoms with van der Waals surface area (Å²) >= 11 is 1.52. The number of primary sulfonamides is 1. The maximum atomic E-state index is 11.2. The Morgan fingerprint density at radius 2 is 2.06 bits per heavy atom. The molecular weight excluding hydrogens is 248 g/mol. The van der Waals surface area contributed by atoms with Crippen molar-refractivity contribution < 1.29 is 8.42 Å². The molecule has 0 saturated carbocycles. The number of aryl methyl sites for hydroxylation is 1. The van der Waals surface area contributed by atoms with Crippen LogP contribution >= 0.6 is 11.3 Å². The van der Waals surface area contributed by atoms with Crippen LogP contribution in [0.1, 0.15) is 4.88 Å². The van der Waals surface area contributed by atoms with Gasteiger partial charge in [0, 0.05) is 11.9 Å². The van der Waals surface area contributed by atoms with E-state index >= 15 is 0 Å². The van der Waals surface area contributed by atoms with E-state index in [9.17, 15) is 8.42 Å². The highest BCUT2D eigenvalue weighted by molar-refractivity contribution is 7.89. The first kappa shape index (κ1) is 11.2. The van der Waals surface area contributed by atoms with Gasteiger partial charge in [0.05, 0.1) is 4.88 Å². The van der Waals surface area contributed by atoms with Crippen LogP contribution in [-0.2, 0) is 17.1 Å². The number of nitrogens with zero attached hydrogens (tertiary/aromatic N) is 3. The van der Waals surface area contributed by atoms with Crippen LogP contribution in [0.3, 0.4) is 0 Å². The van der Waals surface area contributed by atoms with Gasteiger partial charge in [-0.15, -0.1) is 21.5 Å². The lowest BCUT2D eigenvalue weighted by atomic mass is 10.4. The maximum absolute atomic E-state index is 11.2. The third-order valence-electron chi connectivity index (χ3n) is 2.05. The Kier molecular flexibility index (Phi) is 2.56. The normalized spacial score (nSPS) is 11.9. The summed E-state index contributed by atoms with van der Waals surface area (Å²) in [4.78, 5) is 1.98. The van der Waals surface area contributed by atoms with Gasteiger partial charge in [0.2, 0.25) is 0 Å². The highest BCUT2D eigenvalue weighted by atomic mass is 32.2. The van der Waals surface area contributed by atoms with Gasteiger partial charge in [0.25, 0.3) is 15.2 Å². The van der Waals surface area contributed by atoms with E-state index in [0.29, 0.717) is 5.82 Å². The van der Waals surface area contributed by atoms with Crippen molar-refractivity contribution in [2.75, 3.05) is 0 Å². The zero-order valence-electron chi connectivity index (χ0n) is 8.71. The number of aromatic nitrogens is 3. The van der Waals surface area contributed by atoms with Crippen molar-refractivity contribution in [3.05, 3.63) is 17.0 Å². The molecular formula is C8H10N4O2S2. The molecule has 2 heterocycles. The van der Waals surface area contributed by atoms with Crippen molar-refractivity contribution in [1.29, 1.82) is 0 Å². The fraction of sp³-hybridized carbons (Fsp3) is 0.250. The molecule has 0 aliphatic carbocycles. The molecule has 8 heteroatoms. The lowest BCUT2D eigenvalue weighted by molar-refractivity contribution is 0.580. The summed E-state index contributed by atoms with van der Waals surface area (Å²) in [6.45, 7) is 1.96. The smallest absolute Gasteiger partial charge is 0.273 e. The molecule has 16 heavy (non-hydrogen) atoms. The van der Waals surface area contributed by atoms with Gasteiger partial charge in [-0.25, -0.2) is 13.6 Å². The van der Waals surface area contributed by atoms with Crippen molar-refractivity contribution in [3.8, 4) is 10.7 Å². The van der Waals surface area contributed by atoms with Crippen molar-refractivity contribution in [2.45, 2.75) is 12.1 Å². The molecule has 6 nitrogen and oxygen atoms in total. The summed E-state index contributed by atoms with van der Waals surface area (Å²) in [5, 5.41) is 12.2. The van der Waals surface area contributed by atoms with E-state index in [-0.39, 0.29) is 5.16 Å². The topological polar surface area (TPSA) is 90.9 Å². The first-order valence-corrected chi connectivity index (χ1v) is 6.75. The second kappa shape index (κ2) is 3.65. The molecule has 0 aromatic carbocycles. The van der Waals surface area contributed by atoms with Crippen LogP contribution in [0.2, 0.25) is 0 Å². The molecule has 0 amide bonds. The van der Waals surface area contributed by atoms with Crippen LogP contribution in [-0.4, -0.2) is 23.2 Å². The Hall–Kier alpha value is -1.25. The number of thiophene rings is 1. The van der Waals surface area contributed by atoms with Crippen LogP contribution in [0.25, 0.3) is 10.7 Å². The average molecular weight is 258 g/mol. The first-order chi connectivity index (χ1) is 7.39. The SMILES string of the molecule is Cc1ccc(-c2nnc(S(N)(=O)=O)n2C)s1. The van der Waals surface area contributed by atoms with Crippen LogP contribution in [0.5, 0.6) is 0 Å².